The van der Waals surface area contributed by atoms with Gasteiger partial charge in [0.25, 0.3) is 15.9 Å². The first kappa shape index (κ1) is 27.9. The van der Waals surface area contributed by atoms with Gasteiger partial charge in [-0.15, -0.1) is 0 Å². The summed E-state index contributed by atoms with van der Waals surface area (Å²) < 4.78 is 35.0. The Hall–Kier alpha value is -3.69. The van der Waals surface area contributed by atoms with Crippen molar-refractivity contribution in [2.24, 2.45) is 10.9 Å². The van der Waals surface area contributed by atoms with Gasteiger partial charge in [0, 0.05) is 56.1 Å². The minimum atomic E-state index is -3.84. The Morgan fingerprint density at radius 3 is 2.45 bits per heavy atom. The number of piperazine rings is 1. The van der Waals surface area contributed by atoms with E-state index in [9.17, 15) is 13.2 Å². The van der Waals surface area contributed by atoms with E-state index in [4.69, 9.17) is 4.74 Å². The number of carbonyl (C=O) groups excluding carboxylic acids is 1. The molecule has 5 rings (SSSR count). The van der Waals surface area contributed by atoms with Crippen LogP contribution < -0.4 is 20.0 Å². The Bertz CT molecular complexity index is 1590. The quantitative estimate of drug-likeness (QED) is 0.457. The van der Waals surface area contributed by atoms with E-state index in [2.05, 4.69) is 27.6 Å². The lowest BCUT2D eigenvalue weighted by Crippen LogP contribution is -2.48. The molecule has 9 heteroatoms. The molecule has 2 aliphatic rings. The van der Waals surface area contributed by atoms with Crippen molar-refractivity contribution >= 4 is 27.7 Å². The Morgan fingerprint density at radius 1 is 1.00 bits per heavy atom. The van der Waals surface area contributed by atoms with Gasteiger partial charge >= 0.3 is 0 Å². The van der Waals surface area contributed by atoms with Crippen LogP contribution in [0.3, 0.4) is 0 Å². The zero-order valence-corrected chi connectivity index (χ0v) is 24.0. The Balaban J connectivity index is 1.20. The molecule has 1 saturated heterocycles. The molecule has 2 heterocycles. The van der Waals surface area contributed by atoms with Gasteiger partial charge in [0.2, 0.25) is 0 Å². The van der Waals surface area contributed by atoms with Crippen molar-refractivity contribution in [1.82, 2.24) is 9.80 Å². The number of hydrogen-bond donors (Lipinski definition) is 1. The summed E-state index contributed by atoms with van der Waals surface area (Å²) in [4.78, 5) is 22.0. The second-order valence-corrected chi connectivity index (χ2v) is 12.4. The van der Waals surface area contributed by atoms with E-state index < -0.39 is 10.0 Å². The molecule has 3 aromatic carbocycles. The van der Waals surface area contributed by atoms with Crippen LogP contribution in [-0.2, 0) is 16.6 Å². The molecular formula is C31H36N4O4S. The first-order valence-electron chi connectivity index (χ1n) is 13.7. The van der Waals surface area contributed by atoms with Crippen LogP contribution in [0, 0.1) is 5.92 Å². The fraction of sp³-hybridized carbons (Fsp3) is 0.355. The lowest BCUT2D eigenvalue weighted by atomic mass is 10.1. The number of anilines is 1. The Morgan fingerprint density at radius 2 is 1.73 bits per heavy atom. The van der Waals surface area contributed by atoms with Crippen LogP contribution in [0.25, 0.3) is 6.08 Å². The number of hydrogen-bond acceptors (Lipinski definition) is 6. The summed E-state index contributed by atoms with van der Waals surface area (Å²) in [5.41, 5.74) is 2.07. The van der Waals surface area contributed by atoms with E-state index in [-0.39, 0.29) is 22.8 Å². The molecule has 1 amide bonds. The lowest BCUT2D eigenvalue weighted by molar-refractivity contribution is 0.0626. The summed E-state index contributed by atoms with van der Waals surface area (Å²) in [6.07, 6.45) is 2.15. The molecule has 0 bridgehead atoms. The predicted molar refractivity (Wildman–Crippen MR) is 156 cm³/mol. The summed E-state index contributed by atoms with van der Waals surface area (Å²) in [6, 6.07) is 19.9. The van der Waals surface area contributed by atoms with Gasteiger partial charge in [0.1, 0.15) is 10.6 Å². The molecule has 1 unspecified atom stereocenters. The highest BCUT2D eigenvalue weighted by Gasteiger charge is 2.24. The highest BCUT2D eigenvalue weighted by molar-refractivity contribution is 7.92. The summed E-state index contributed by atoms with van der Waals surface area (Å²) in [5.74, 6) is 1.12. The van der Waals surface area contributed by atoms with Gasteiger partial charge in [-0.05, 0) is 61.4 Å². The summed E-state index contributed by atoms with van der Waals surface area (Å²) in [5, 5.41) is 1.32. The van der Waals surface area contributed by atoms with Crippen molar-refractivity contribution in [3.8, 4) is 5.75 Å². The average Bonchev–Trinajstić information content (AvgIpc) is 2.93. The third kappa shape index (κ3) is 6.37. The van der Waals surface area contributed by atoms with Crippen molar-refractivity contribution < 1.29 is 17.9 Å². The summed E-state index contributed by atoms with van der Waals surface area (Å²) in [7, 11) is -3.84. The van der Waals surface area contributed by atoms with E-state index >= 15 is 0 Å². The molecule has 210 valence electrons. The first-order chi connectivity index (χ1) is 19.2. The van der Waals surface area contributed by atoms with Gasteiger partial charge in [0.15, 0.2) is 0 Å². The van der Waals surface area contributed by atoms with Gasteiger partial charge in [-0.3, -0.25) is 19.4 Å². The molecular weight excluding hydrogens is 524 g/mol. The molecule has 2 aliphatic heterocycles. The number of carbonyl (C=O) groups is 1. The average molecular weight is 561 g/mol. The molecule has 0 saturated carbocycles. The second kappa shape index (κ2) is 11.8. The van der Waals surface area contributed by atoms with Crippen LogP contribution in [0.15, 0.2) is 76.6 Å². The minimum absolute atomic E-state index is 0.0572. The van der Waals surface area contributed by atoms with E-state index in [0.717, 1.165) is 36.2 Å². The fourth-order valence-electron chi connectivity index (χ4n) is 5.08. The van der Waals surface area contributed by atoms with E-state index in [1.54, 1.807) is 36.4 Å². The normalized spacial score (nSPS) is 17.5. The van der Waals surface area contributed by atoms with Gasteiger partial charge in [0.05, 0.1) is 11.5 Å². The summed E-state index contributed by atoms with van der Waals surface area (Å²) >= 11 is 0. The number of para-hydroxylation sites is 2. The molecule has 3 aromatic rings. The number of sulfonamides is 1. The van der Waals surface area contributed by atoms with Crippen molar-refractivity contribution in [1.29, 1.82) is 0 Å². The first-order valence-corrected chi connectivity index (χ1v) is 15.2. The van der Waals surface area contributed by atoms with E-state index in [0.29, 0.717) is 36.2 Å². The molecule has 0 aromatic heterocycles. The highest BCUT2D eigenvalue weighted by Crippen LogP contribution is 2.22. The van der Waals surface area contributed by atoms with Crippen LogP contribution in [-0.4, -0.2) is 63.0 Å². The molecule has 40 heavy (non-hydrogen) atoms. The van der Waals surface area contributed by atoms with Gasteiger partial charge in [-0.2, -0.15) is 0 Å². The highest BCUT2D eigenvalue weighted by atomic mass is 32.2. The predicted octanol–water partition coefficient (Wildman–Crippen LogP) is 3.28. The number of rotatable bonds is 8. The molecule has 8 nitrogen and oxygen atoms in total. The van der Waals surface area contributed by atoms with Gasteiger partial charge in [-0.25, -0.2) is 8.42 Å². The number of nitrogens with zero attached hydrogens (tertiary/aromatic N) is 3. The van der Waals surface area contributed by atoms with Crippen LogP contribution in [0.5, 0.6) is 5.75 Å². The number of nitrogens with one attached hydrogen (secondary N) is 1. The number of ether oxygens (including phenoxy) is 1. The Labute approximate surface area is 236 Å². The summed E-state index contributed by atoms with van der Waals surface area (Å²) in [6.45, 7) is 10.2. The molecule has 1 fully saturated rings. The maximum atomic E-state index is 13.2. The molecule has 0 spiro atoms. The fourth-order valence-corrected chi connectivity index (χ4v) is 6.33. The zero-order valence-electron chi connectivity index (χ0n) is 23.2. The largest absolute Gasteiger partial charge is 0.491 e. The zero-order chi connectivity index (χ0) is 28.3. The van der Waals surface area contributed by atoms with Crippen LogP contribution in [0.2, 0.25) is 0 Å². The molecule has 0 aliphatic carbocycles. The lowest BCUT2D eigenvalue weighted by Gasteiger charge is -2.35. The van der Waals surface area contributed by atoms with E-state index in [1.165, 1.54) is 0 Å². The van der Waals surface area contributed by atoms with Crippen LogP contribution in [0.1, 0.15) is 36.7 Å². The number of amides is 1. The molecule has 1 atom stereocenters. The standard InChI is InChI=1S/C31H36N4O4S/c1-22(2)39-28-9-5-4-7-26(28)21-34-15-17-35(18-16-34)31(36)24-11-13-27(14-12-24)33-40(37,38)29-10-6-8-25-19-23(3)20-32-30(25)29/h4-14,19,22-23,33H,15-18,20-21H2,1-3H3. The maximum absolute atomic E-state index is 13.2. The topological polar surface area (TPSA) is 91.3 Å². The minimum Gasteiger partial charge on any atom is -0.491 e. The van der Waals surface area contributed by atoms with Gasteiger partial charge < -0.3 is 9.64 Å². The van der Waals surface area contributed by atoms with Crippen molar-refractivity contribution in [2.45, 2.75) is 38.3 Å². The second-order valence-electron chi connectivity index (χ2n) is 10.7. The maximum Gasteiger partial charge on any atom is 0.264 e. The SMILES string of the molecule is CC1C=c2cccc(S(=O)(=O)Nc3ccc(C(=O)N4CCN(Cc5ccccc5OC(C)C)CC4)cc3)c2=NC1. The Kier molecular flexibility index (Phi) is 8.23. The molecule has 1 N–H and O–H groups in total. The third-order valence-corrected chi connectivity index (χ3v) is 8.51. The van der Waals surface area contributed by atoms with Gasteiger partial charge in [-0.1, -0.05) is 43.3 Å². The van der Waals surface area contributed by atoms with Crippen molar-refractivity contribution in [3.63, 3.8) is 0 Å². The number of fused-ring (bicyclic) bond motifs is 1. The van der Waals surface area contributed by atoms with Crippen LogP contribution >= 0.6 is 0 Å². The van der Waals surface area contributed by atoms with Crippen molar-refractivity contribution in [3.05, 3.63) is 88.4 Å². The smallest absolute Gasteiger partial charge is 0.264 e. The van der Waals surface area contributed by atoms with E-state index in [1.807, 2.05) is 49.1 Å². The number of benzene rings is 3. The third-order valence-electron chi connectivity index (χ3n) is 7.09. The van der Waals surface area contributed by atoms with Crippen LogP contribution in [0.4, 0.5) is 5.69 Å². The van der Waals surface area contributed by atoms with Crippen molar-refractivity contribution in [2.75, 3.05) is 37.4 Å². The monoisotopic (exact) mass is 560 g/mol. The molecule has 0 radical (unpaired) electrons.